The zero-order valence-corrected chi connectivity index (χ0v) is 16.4. The molecule has 0 aliphatic heterocycles. The van der Waals surface area contributed by atoms with Gasteiger partial charge in [-0.05, 0) is 35.4 Å². The van der Waals surface area contributed by atoms with Crippen molar-refractivity contribution in [2.24, 2.45) is 0 Å². The summed E-state index contributed by atoms with van der Waals surface area (Å²) in [7, 11) is 0. The molecule has 0 bridgehead atoms. The molecular formula is C23H21ClN2O3. The van der Waals surface area contributed by atoms with Gasteiger partial charge in [0, 0.05) is 17.0 Å². The van der Waals surface area contributed by atoms with E-state index >= 15 is 0 Å². The quantitative estimate of drug-likeness (QED) is 0.555. The van der Waals surface area contributed by atoms with Crippen molar-refractivity contribution in [2.75, 3.05) is 0 Å². The molecule has 0 spiro atoms. The second-order valence-electron chi connectivity index (χ2n) is 6.46. The second kappa shape index (κ2) is 10.4. The second-order valence-corrected chi connectivity index (χ2v) is 6.90. The van der Waals surface area contributed by atoms with Gasteiger partial charge in [0.2, 0.25) is 0 Å². The van der Waals surface area contributed by atoms with Gasteiger partial charge in [0.05, 0.1) is 6.61 Å². The topological polar surface area (TPSA) is 67.4 Å². The normalized spacial score (nSPS) is 11.5. The van der Waals surface area contributed by atoms with Gasteiger partial charge in [-0.15, -0.1) is 0 Å². The Bertz CT molecular complexity index is 931. The number of carbonyl (C=O) groups is 2. The Kier molecular flexibility index (Phi) is 7.39. The van der Waals surface area contributed by atoms with Crippen molar-refractivity contribution < 1.29 is 14.4 Å². The Morgan fingerprint density at radius 3 is 2.03 bits per heavy atom. The van der Waals surface area contributed by atoms with Gasteiger partial charge in [0.25, 0.3) is 11.8 Å². The lowest BCUT2D eigenvalue weighted by atomic mass is 10.0. The number of hydrogen-bond acceptors (Lipinski definition) is 3. The van der Waals surface area contributed by atoms with Crippen molar-refractivity contribution in [1.29, 1.82) is 0 Å². The molecule has 0 fully saturated rings. The summed E-state index contributed by atoms with van der Waals surface area (Å²) < 4.78 is 0. The summed E-state index contributed by atoms with van der Waals surface area (Å²) in [5.74, 6) is -0.784. The van der Waals surface area contributed by atoms with E-state index in [2.05, 4.69) is 10.8 Å². The van der Waals surface area contributed by atoms with Crippen molar-refractivity contribution in [1.82, 2.24) is 10.8 Å². The van der Waals surface area contributed by atoms with Crippen LogP contribution in [-0.2, 0) is 22.7 Å². The van der Waals surface area contributed by atoms with Gasteiger partial charge in [-0.1, -0.05) is 72.3 Å². The number of hydrogen-bond donors (Lipinski definition) is 2. The number of nitrogens with one attached hydrogen (secondary N) is 2. The number of carbonyl (C=O) groups excluding carboxylic acids is 2. The van der Waals surface area contributed by atoms with Crippen LogP contribution in [0, 0.1) is 0 Å². The predicted octanol–water partition coefficient (Wildman–Crippen LogP) is 3.93. The minimum atomic E-state index is -0.795. The minimum absolute atomic E-state index is 0.232. The Morgan fingerprint density at radius 1 is 0.828 bits per heavy atom. The highest BCUT2D eigenvalue weighted by molar-refractivity contribution is 6.30. The molecule has 3 rings (SSSR count). The lowest BCUT2D eigenvalue weighted by molar-refractivity contribution is -0.136. The molecule has 0 saturated carbocycles. The van der Waals surface area contributed by atoms with Gasteiger partial charge in [-0.25, -0.2) is 5.48 Å². The fraction of sp³-hybridized carbons (Fsp3) is 0.130. The molecular weight excluding hydrogens is 388 g/mol. The highest BCUT2D eigenvalue weighted by atomic mass is 35.5. The van der Waals surface area contributed by atoms with Crippen LogP contribution in [0.2, 0.25) is 5.02 Å². The smallest absolute Gasteiger partial charge is 0.266 e. The number of hydroxylamine groups is 1. The molecule has 0 aromatic heterocycles. The van der Waals surface area contributed by atoms with Crippen molar-refractivity contribution in [3.63, 3.8) is 0 Å². The molecule has 5 nitrogen and oxygen atoms in total. The van der Waals surface area contributed by atoms with Gasteiger partial charge in [0.1, 0.15) is 6.04 Å². The average Bonchev–Trinajstić information content (AvgIpc) is 2.75. The van der Waals surface area contributed by atoms with E-state index in [1.165, 1.54) is 0 Å². The van der Waals surface area contributed by atoms with E-state index in [0.717, 1.165) is 11.1 Å². The fourth-order valence-corrected chi connectivity index (χ4v) is 2.86. The van der Waals surface area contributed by atoms with Gasteiger partial charge < -0.3 is 5.32 Å². The van der Waals surface area contributed by atoms with E-state index in [1.807, 2.05) is 60.7 Å². The molecule has 0 saturated heterocycles. The summed E-state index contributed by atoms with van der Waals surface area (Å²) in [6.45, 7) is 0.232. The third-order valence-corrected chi connectivity index (χ3v) is 4.52. The lowest BCUT2D eigenvalue weighted by Crippen LogP contribution is -2.48. The van der Waals surface area contributed by atoms with Crippen LogP contribution in [0.4, 0.5) is 0 Å². The summed E-state index contributed by atoms with van der Waals surface area (Å²) in [6.07, 6.45) is 0.334. The molecule has 0 unspecified atom stereocenters. The van der Waals surface area contributed by atoms with Gasteiger partial charge in [-0.2, -0.15) is 0 Å². The maximum absolute atomic E-state index is 12.7. The highest BCUT2D eigenvalue weighted by Crippen LogP contribution is 2.10. The monoisotopic (exact) mass is 408 g/mol. The van der Waals surface area contributed by atoms with E-state index in [0.29, 0.717) is 17.0 Å². The SMILES string of the molecule is O=C(N[C@@H](Cc1ccccc1)C(=O)NOCc1ccccc1)c1ccc(Cl)cc1. The molecule has 0 radical (unpaired) electrons. The highest BCUT2D eigenvalue weighted by Gasteiger charge is 2.22. The van der Waals surface area contributed by atoms with Crippen LogP contribution in [0.15, 0.2) is 84.9 Å². The number of amides is 2. The summed E-state index contributed by atoms with van der Waals surface area (Å²) in [6, 6.07) is 24.7. The van der Waals surface area contributed by atoms with Crippen molar-refractivity contribution in [3.8, 4) is 0 Å². The van der Waals surface area contributed by atoms with Crippen LogP contribution in [0.5, 0.6) is 0 Å². The van der Waals surface area contributed by atoms with E-state index in [1.54, 1.807) is 24.3 Å². The van der Waals surface area contributed by atoms with E-state index in [9.17, 15) is 9.59 Å². The Labute approximate surface area is 174 Å². The Balaban J connectivity index is 1.65. The van der Waals surface area contributed by atoms with Crippen LogP contribution >= 0.6 is 11.6 Å². The van der Waals surface area contributed by atoms with Crippen LogP contribution in [-0.4, -0.2) is 17.9 Å². The molecule has 3 aromatic rings. The van der Waals surface area contributed by atoms with Gasteiger partial charge in [0.15, 0.2) is 0 Å². The number of rotatable bonds is 8. The third kappa shape index (κ3) is 6.45. The molecule has 0 heterocycles. The Morgan fingerprint density at radius 2 is 1.41 bits per heavy atom. The molecule has 29 heavy (non-hydrogen) atoms. The fourth-order valence-electron chi connectivity index (χ4n) is 2.74. The summed E-state index contributed by atoms with van der Waals surface area (Å²) in [5.41, 5.74) is 4.72. The van der Waals surface area contributed by atoms with Gasteiger partial charge >= 0.3 is 0 Å². The largest absolute Gasteiger partial charge is 0.340 e. The maximum Gasteiger partial charge on any atom is 0.266 e. The average molecular weight is 409 g/mol. The Hall–Kier alpha value is -3.15. The van der Waals surface area contributed by atoms with Crippen molar-refractivity contribution >= 4 is 23.4 Å². The number of halogens is 1. The molecule has 0 aliphatic carbocycles. The van der Waals surface area contributed by atoms with E-state index in [-0.39, 0.29) is 12.5 Å². The predicted molar refractivity (Wildman–Crippen MR) is 112 cm³/mol. The van der Waals surface area contributed by atoms with E-state index < -0.39 is 11.9 Å². The zero-order valence-electron chi connectivity index (χ0n) is 15.7. The summed E-state index contributed by atoms with van der Waals surface area (Å²) in [4.78, 5) is 30.6. The third-order valence-electron chi connectivity index (χ3n) is 4.27. The van der Waals surface area contributed by atoms with E-state index in [4.69, 9.17) is 16.4 Å². The molecule has 1 atom stereocenters. The van der Waals surface area contributed by atoms with Crippen molar-refractivity contribution in [3.05, 3.63) is 107 Å². The zero-order chi connectivity index (χ0) is 20.5. The lowest BCUT2D eigenvalue weighted by Gasteiger charge is -2.18. The summed E-state index contributed by atoms with van der Waals surface area (Å²) >= 11 is 5.88. The number of benzene rings is 3. The molecule has 0 aliphatic rings. The molecule has 148 valence electrons. The van der Waals surface area contributed by atoms with Crippen LogP contribution in [0.3, 0.4) is 0 Å². The first kappa shape index (κ1) is 20.6. The first-order valence-corrected chi connectivity index (χ1v) is 9.55. The molecule has 3 aromatic carbocycles. The van der Waals surface area contributed by atoms with Crippen molar-refractivity contribution in [2.45, 2.75) is 19.1 Å². The first-order valence-electron chi connectivity index (χ1n) is 9.18. The van der Waals surface area contributed by atoms with Crippen LogP contribution in [0.1, 0.15) is 21.5 Å². The minimum Gasteiger partial charge on any atom is -0.340 e. The van der Waals surface area contributed by atoms with Gasteiger partial charge in [-0.3, -0.25) is 14.4 Å². The molecule has 6 heteroatoms. The van der Waals surface area contributed by atoms with Crippen LogP contribution in [0.25, 0.3) is 0 Å². The molecule has 2 amide bonds. The first-order chi connectivity index (χ1) is 14.1. The van der Waals surface area contributed by atoms with Crippen LogP contribution < -0.4 is 10.8 Å². The molecule has 2 N–H and O–H groups in total. The maximum atomic E-state index is 12.7. The summed E-state index contributed by atoms with van der Waals surface area (Å²) in [5, 5.41) is 3.31. The standard InChI is InChI=1S/C23H21ClN2O3/c24-20-13-11-19(12-14-20)22(27)25-21(15-17-7-3-1-4-8-17)23(28)26-29-16-18-9-5-2-6-10-18/h1-14,21H,15-16H2,(H,25,27)(H,26,28)/t21-/m0/s1.